The molecule has 6 rings (SSSR count). The average molecular weight is 516 g/mol. The third-order valence-electron chi connectivity index (χ3n) is 9.72. The topological polar surface area (TPSA) is 52.8 Å². The van der Waals surface area contributed by atoms with Gasteiger partial charge in [-0.1, -0.05) is 74.4 Å². The zero-order valence-corrected chi connectivity index (χ0v) is 25.2. The third kappa shape index (κ3) is 4.91. The summed E-state index contributed by atoms with van der Waals surface area (Å²) < 4.78 is 0. The summed E-state index contributed by atoms with van der Waals surface area (Å²) in [5.41, 5.74) is 5.54. The average Bonchev–Trinajstić information content (AvgIpc) is 2.75. The Balaban J connectivity index is 1.63. The van der Waals surface area contributed by atoms with Crippen LogP contribution in [0.15, 0.2) is 29.3 Å². The molecular formula is C35H49NO2. The molecule has 0 aliphatic heterocycles. The van der Waals surface area contributed by atoms with Crippen molar-refractivity contribution < 1.29 is 10.2 Å². The Bertz CT molecular complexity index is 1230. The fourth-order valence-electron chi connectivity index (χ4n) is 7.89. The summed E-state index contributed by atoms with van der Waals surface area (Å²) in [6.45, 7) is 19.7. The second-order valence-electron chi connectivity index (χ2n) is 16.1. The third-order valence-corrected chi connectivity index (χ3v) is 9.72. The predicted octanol–water partition coefficient (Wildman–Crippen LogP) is 9.21. The van der Waals surface area contributed by atoms with E-state index in [1.165, 1.54) is 44.1 Å². The number of nitrogens with zero attached hydrogens (tertiary/aromatic N) is 1. The standard InChI is InChI=1S/C35H49NO2/c1-32(2,3)25-13-24(20-36-29-16-26(33(4,5)6)14-27(31(29)38)34(7,8)9)30(37)28(15-25)35-17-21-10-22(18-35)12-23(11-21)19-35/h13-16,20-23,37-38H,10-12,17-19H2,1-9H3. The molecule has 0 unspecified atom stereocenters. The fourth-order valence-corrected chi connectivity index (χ4v) is 7.89. The van der Waals surface area contributed by atoms with E-state index in [1.54, 1.807) is 6.21 Å². The Hall–Kier alpha value is -2.29. The van der Waals surface area contributed by atoms with Crippen molar-refractivity contribution in [2.24, 2.45) is 22.7 Å². The second-order valence-corrected chi connectivity index (χ2v) is 16.1. The maximum atomic E-state index is 11.8. The number of aromatic hydroxyl groups is 2. The molecule has 2 N–H and O–H groups in total. The molecule has 0 saturated heterocycles. The van der Waals surface area contributed by atoms with Crippen LogP contribution in [0.25, 0.3) is 0 Å². The largest absolute Gasteiger partial charge is 0.507 e. The van der Waals surface area contributed by atoms with Crippen molar-refractivity contribution in [2.45, 2.75) is 122 Å². The van der Waals surface area contributed by atoms with Gasteiger partial charge in [0.05, 0.1) is 0 Å². The molecule has 0 heterocycles. The maximum absolute atomic E-state index is 11.8. The molecule has 2 aromatic carbocycles. The fraction of sp³-hybridized carbons (Fsp3) is 0.629. The Morgan fingerprint density at radius 2 is 1.18 bits per heavy atom. The zero-order chi connectivity index (χ0) is 27.8. The summed E-state index contributed by atoms with van der Waals surface area (Å²) in [5, 5.41) is 23.1. The Morgan fingerprint density at radius 1 is 0.684 bits per heavy atom. The monoisotopic (exact) mass is 515 g/mol. The number of phenolic OH excluding ortho intramolecular Hbond substituents is 2. The minimum Gasteiger partial charge on any atom is -0.507 e. The molecule has 4 aliphatic carbocycles. The molecule has 0 atom stereocenters. The van der Waals surface area contributed by atoms with Crippen LogP contribution in [0.5, 0.6) is 11.5 Å². The van der Waals surface area contributed by atoms with Gasteiger partial charge < -0.3 is 10.2 Å². The minimum absolute atomic E-state index is 0.0406. The first kappa shape index (κ1) is 27.3. The summed E-state index contributed by atoms with van der Waals surface area (Å²) in [5.74, 6) is 3.05. The number of aliphatic imine (C=N–C) groups is 1. The Morgan fingerprint density at radius 3 is 1.66 bits per heavy atom. The molecule has 3 nitrogen and oxygen atoms in total. The van der Waals surface area contributed by atoms with E-state index in [2.05, 4.69) is 80.5 Å². The summed E-state index contributed by atoms with van der Waals surface area (Å²) in [7, 11) is 0. The van der Waals surface area contributed by atoms with E-state index < -0.39 is 0 Å². The van der Waals surface area contributed by atoms with Gasteiger partial charge in [-0.25, -0.2) is 0 Å². The molecular weight excluding hydrogens is 466 g/mol. The molecule has 0 amide bonds. The summed E-state index contributed by atoms with van der Waals surface area (Å²) in [6.07, 6.45) is 9.56. The van der Waals surface area contributed by atoms with Gasteiger partial charge in [-0.05, 0) is 101 Å². The summed E-state index contributed by atoms with van der Waals surface area (Å²) in [6, 6.07) is 8.55. The van der Waals surface area contributed by atoms with Crippen molar-refractivity contribution in [1.29, 1.82) is 0 Å². The smallest absolute Gasteiger partial charge is 0.144 e. The van der Waals surface area contributed by atoms with Crippen molar-refractivity contribution in [2.75, 3.05) is 0 Å². The number of rotatable bonds is 3. The molecule has 0 radical (unpaired) electrons. The number of benzene rings is 2. The maximum Gasteiger partial charge on any atom is 0.144 e. The van der Waals surface area contributed by atoms with Crippen LogP contribution in [0.1, 0.15) is 129 Å². The van der Waals surface area contributed by atoms with Crippen molar-refractivity contribution >= 4 is 11.9 Å². The molecule has 38 heavy (non-hydrogen) atoms. The molecule has 206 valence electrons. The van der Waals surface area contributed by atoms with Crippen LogP contribution >= 0.6 is 0 Å². The lowest BCUT2D eigenvalue weighted by atomic mass is 9.47. The number of hydrogen-bond acceptors (Lipinski definition) is 3. The molecule has 4 fully saturated rings. The van der Waals surface area contributed by atoms with Crippen molar-refractivity contribution in [3.63, 3.8) is 0 Å². The minimum atomic E-state index is -0.213. The normalized spacial score (nSPS) is 27.4. The Labute approximate surface area is 230 Å². The SMILES string of the molecule is CC(C)(C)c1cc(N=Cc2cc(C(C)(C)C)cc(C34CC5CC(CC(C5)C3)C4)c2O)c(O)c(C(C)(C)C)c1. The van der Waals surface area contributed by atoms with E-state index in [9.17, 15) is 10.2 Å². The van der Waals surface area contributed by atoms with Crippen LogP contribution in [0.2, 0.25) is 0 Å². The van der Waals surface area contributed by atoms with E-state index in [0.717, 1.165) is 40.0 Å². The van der Waals surface area contributed by atoms with Crippen molar-refractivity contribution in [3.8, 4) is 11.5 Å². The lowest BCUT2D eigenvalue weighted by Gasteiger charge is -2.57. The molecule has 0 aromatic heterocycles. The highest BCUT2D eigenvalue weighted by atomic mass is 16.3. The van der Waals surface area contributed by atoms with Crippen LogP contribution in [-0.2, 0) is 21.7 Å². The highest BCUT2D eigenvalue weighted by molar-refractivity contribution is 5.87. The van der Waals surface area contributed by atoms with Crippen LogP contribution < -0.4 is 0 Å². The van der Waals surface area contributed by atoms with Crippen molar-refractivity contribution in [3.05, 3.63) is 52.1 Å². The first-order valence-corrected chi connectivity index (χ1v) is 14.8. The van der Waals surface area contributed by atoms with E-state index in [-0.39, 0.29) is 27.4 Å². The lowest BCUT2D eigenvalue weighted by molar-refractivity contribution is -0.00619. The number of hydrogen-bond donors (Lipinski definition) is 2. The highest BCUT2D eigenvalue weighted by Gasteiger charge is 2.52. The van der Waals surface area contributed by atoms with E-state index in [1.807, 2.05) is 6.07 Å². The van der Waals surface area contributed by atoms with E-state index in [0.29, 0.717) is 11.4 Å². The molecule has 0 spiro atoms. The molecule has 3 heteroatoms. The first-order valence-electron chi connectivity index (χ1n) is 14.8. The van der Waals surface area contributed by atoms with Gasteiger partial charge in [-0.2, -0.15) is 0 Å². The van der Waals surface area contributed by atoms with Gasteiger partial charge in [0, 0.05) is 22.9 Å². The molecule has 4 bridgehead atoms. The van der Waals surface area contributed by atoms with Crippen LogP contribution in [0.4, 0.5) is 5.69 Å². The van der Waals surface area contributed by atoms with Gasteiger partial charge in [0.1, 0.15) is 17.2 Å². The lowest BCUT2D eigenvalue weighted by Crippen LogP contribution is -2.48. The Kier molecular flexibility index (Phi) is 6.36. The van der Waals surface area contributed by atoms with E-state index >= 15 is 0 Å². The molecule has 2 aromatic rings. The first-order chi connectivity index (χ1) is 17.5. The van der Waals surface area contributed by atoms with Gasteiger partial charge >= 0.3 is 0 Å². The predicted molar refractivity (Wildman–Crippen MR) is 159 cm³/mol. The van der Waals surface area contributed by atoms with E-state index in [4.69, 9.17) is 4.99 Å². The summed E-state index contributed by atoms with van der Waals surface area (Å²) in [4.78, 5) is 4.86. The highest BCUT2D eigenvalue weighted by Crippen LogP contribution is 2.62. The summed E-state index contributed by atoms with van der Waals surface area (Å²) >= 11 is 0. The quantitative estimate of drug-likeness (QED) is 0.400. The van der Waals surface area contributed by atoms with Gasteiger partial charge in [-0.3, -0.25) is 4.99 Å². The van der Waals surface area contributed by atoms with Crippen molar-refractivity contribution in [1.82, 2.24) is 0 Å². The number of phenols is 2. The molecule has 4 aliphatic rings. The van der Waals surface area contributed by atoms with Gasteiger partial charge in [-0.15, -0.1) is 0 Å². The van der Waals surface area contributed by atoms with Crippen LogP contribution in [-0.4, -0.2) is 16.4 Å². The van der Waals surface area contributed by atoms with Gasteiger partial charge in [0.25, 0.3) is 0 Å². The van der Waals surface area contributed by atoms with Gasteiger partial charge in [0.2, 0.25) is 0 Å². The molecule has 4 saturated carbocycles. The second kappa shape index (κ2) is 8.86. The van der Waals surface area contributed by atoms with Crippen LogP contribution in [0, 0.1) is 17.8 Å². The van der Waals surface area contributed by atoms with Crippen LogP contribution in [0.3, 0.4) is 0 Å². The van der Waals surface area contributed by atoms with Gasteiger partial charge in [0.15, 0.2) is 0 Å². The zero-order valence-electron chi connectivity index (χ0n) is 25.2.